The van der Waals surface area contributed by atoms with Crippen molar-refractivity contribution in [3.05, 3.63) is 29.8 Å². The van der Waals surface area contributed by atoms with Gasteiger partial charge in [0.2, 0.25) is 5.91 Å². The standard InChI is InChI=1S/C14H20ClNO/c1-11(2)12-7-3-4-8-13(12)16-14(17)9-5-6-10-15/h3-4,7-8,11H,5-6,9-10H2,1-2H3,(H,16,17). The summed E-state index contributed by atoms with van der Waals surface area (Å²) >= 11 is 5.58. The summed E-state index contributed by atoms with van der Waals surface area (Å²) in [5, 5.41) is 2.97. The Kier molecular flexibility index (Phi) is 6.06. The number of hydrogen-bond donors (Lipinski definition) is 1. The van der Waals surface area contributed by atoms with Crippen LogP contribution < -0.4 is 5.32 Å². The number of rotatable bonds is 6. The van der Waals surface area contributed by atoms with Gasteiger partial charge in [-0.2, -0.15) is 0 Å². The van der Waals surface area contributed by atoms with Crippen molar-refractivity contribution in [2.75, 3.05) is 11.2 Å². The van der Waals surface area contributed by atoms with Crippen LogP contribution in [-0.4, -0.2) is 11.8 Å². The van der Waals surface area contributed by atoms with Crippen molar-refractivity contribution in [2.24, 2.45) is 0 Å². The van der Waals surface area contributed by atoms with E-state index in [1.54, 1.807) is 0 Å². The third-order valence-electron chi connectivity index (χ3n) is 2.64. The zero-order valence-corrected chi connectivity index (χ0v) is 11.3. The molecule has 17 heavy (non-hydrogen) atoms. The Labute approximate surface area is 108 Å². The van der Waals surface area contributed by atoms with Gasteiger partial charge in [-0.1, -0.05) is 32.0 Å². The molecule has 3 heteroatoms. The second-order valence-electron chi connectivity index (χ2n) is 4.44. The Hall–Kier alpha value is -1.02. The number of anilines is 1. The fourth-order valence-electron chi connectivity index (χ4n) is 1.71. The van der Waals surface area contributed by atoms with Crippen molar-refractivity contribution >= 4 is 23.2 Å². The summed E-state index contributed by atoms with van der Waals surface area (Å²) in [4.78, 5) is 11.7. The van der Waals surface area contributed by atoms with Gasteiger partial charge in [-0.25, -0.2) is 0 Å². The number of para-hydroxylation sites is 1. The fourth-order valence-corrected chi connectivity index (χ4v) is 1.90. The lowest BCUT2D eigenvalue weighted by atomic mass is 10.0. The summed E-state index contributed by atoms with van der Waals surface area (Å²) in [5.74, 6) is 1.10. The first-order valence-electron chi connectivity index (χ1n) is 6.10. The Bertz CT molecular complexity index is 363. The van der Waals surface area contributed by atoms with E-state index < -0.39 is 0 Å². The zero-order valence-electron chi connectivity index (χ0n) is 10.5. The van der Waals surface area contributed by atoms with E-state index >= 15 is 0 Å². The van der Waals surface area contributed by atoms with E-state index in [9.17, 15) is 4.79 Å². The zero-order chi connectivity index (χ0) is 12.7. The van der Waals surface area contributed by atoms with E-state index in [1.807, 2.05) is 18.2 Å². The lowest BCUT2D eigenvalue weighted by molar-refractivity contribution is -0.116. The summed E-state index contributed by atoms with van der Waals surface area (Å²) in [6, 6.07) is 7.95. The molecule has 0 aliphatic rings. The van der Waals surface area contributed by atoms with Crippen LogP contribution in [0.2, 0.25) is 0 Å². The molecule has 0 saturated heterocycles. The van der Waals surface area contributed by atoms with Crippen molar-refractivity contribution in [2.45, 2.75) is 39.0 Å². The number of hydrogen-bond acceptors (Lipinski definition) is 1. The van der Waals surface area contributed by atoms with E-state index in [2.05, 4.69) is 25.2 Å². The summed E-state index contributed by atoms with van der Waals surface area (Å²) in [5.41, 5.74) is 2.11. The predicted molar refractivity (Wildman–Crippen MR) is 73.7 cm³/mol. The minimum Gasteiger partial charge on any atom is -0.326 e. The molecule has 94 valence electrons. The Morgan fingerprint density at radius 1 is 1.29 bits per heavy atom. The Balaban J connectivity index is 2.58. The van der Waals surface area contributed by atoms with E-state index in [0.29, 0.717) is 18.2 Å². The maximum Gasteiger partial charge on any atom is 0.224 e. The highest BCUT2D eigenvalue weighted by molar-refractivity contribution is 6.17. The highest BCUT2D eigenvalue weighted by atomic mass is 35.5. The molecule has 0 spiro atoms. The topological polar surface area (TPSA) is 29.1 Å². The second kappa shape index (κ2) is 7.33. The number of benzene rings is 1. The molecule has 0 fully saturated rings. The van der Waals surface area contributed by atoms with Gasteiger partial charge in [0.25, 0.3) is 0 Å². The van der Waals surface area contributed by atoms with Crippen LogP contribution in [-0.2, 0) is 4.79 Å². The average Bonchev–Trinajstić information content (AvgIpc) is 2.29. The molecule has 0 aliphatic heterocycles. The van der Waals surface area contributed by atoms with Gasteiger partial charge in [-0.15, -0.1) is 11.6 Å². The lowest BCUT2D eigenvalue weighted by Crippen LogP contribution is -2.13. The van der Waals surface area contributed by atoms with E-state index in [1.165, 1.54) is 5.56 Å². The summed E-state index contributed by atoms with van der Waals surface area (Å²) < 4.78 is 0. The van der Waals surface area contributed by atoms with E-state index in [-0.39, 0.29) is 5.91 Å². The number of nitrogens with one attached hydrogen (secondary N) is 1. The SMILES string of the molecule is CC(C)c1ccccc1NC(=O)CCCCCl. The number of carbonyl (C=O) groups excluding carboxylic acids is 1. The maximum absolute atomic E-state index is 11.7. The van der Waals surface area contributed by atoms with Crippen molar-refractivity contribution in [1.29, 1.82) is 0 Å². The van der Waals surface area contributed by atoms with Crippen LogP contribution in [0, 0.1) is 0 Å². The van der Waals surface area contributed by atoms with Crippen molar-refractivity contribution in [1.82, 2.24) is 0 Å². The van der Waals surface area contributed by atoms with Crippen LogP contribution in [0.1, 0.15) is 44.6 Å². The monoisotopic (exact) mass is 253 g/mol. The molecule has 0 aromatic heterocycles. The van der Waals surface area contributed by atoms with Crippen LogP contribution >= 0.6 is 11.6 Å². The molecule has 0 atom stereocenters. The normalized spacial score (nSPS) is 10.6. The minimum atomic E-state index is 0.0724. The lowest BCUT2D eigenvalue weighted by Gasteiger charge is -2.13. The number of halogens is 1. The number of alkyl halides is 1. The molecule has 1 N–H and O–H groups in total. The first-order chi connectivity index (χ1) is 8.15. The molecule has 1 amide bonds. The summed E-state index contributed by atoms with van der Waals surface area (Å²) in [7, 11) is 0. The number of unbranched alkanes of at least 4 members (excludes halogenated alkanes) is 1. The molecule has 0 aliphatic carbocycles. The van der Waals surface area contributed by atoms with E-state index in [4.69, 9.17) is 11.6 Å². The van der Waals surface area contributed by atoms with Gasteiger partial charge >= 0.3 is 0 Å². The van der Waals surface area contributed by atoms with Crippen molar-refractivity contribution in [3.63, 3.8) is 0 Å². The van der Waals surface area contributed by atoms with Gasteiger partial charge in [-0.3, -0.25) is 4.79 Å². The molecule has 0 bridgehead atoms. The number of amides is 1. The molecule has 0 heterocycles. The highest BCUT2D eigenvalue weighted by Crippen LogP contribution is 2.23. The first kappa shape index (κ1) is 14.0. The quantitative estimate of drug-likeness (QED) is 0.599. The molecular formula is C14H20ClNO. The third kappa shape index (κ3) is 4.78. The molecule has 0 saturated carbocycles. The first-order valence-corrected chi connectivity index (χ1v) is 6.63. The number of carbonyl (C=O) groups is 1. The van der Waals surface area contributed by atoms with Gasteiger partial charge < -0.3 is 5.32 Å². The van der Waals surface area contributed by atoms with Crippen molar-refractivity contribution in [3.8, 4) is 0 Å². The third-order valence-corrected chi connectivity index (χ3v) is 2.91. The van der Waals surface area contributed by atoms with Crippen LogP contribution in [0.3, 0.4) is 0 Å². The van der Waals surface area contributed by atoms with E-state index in [0.717, 1.165) is 18.5 Å². The van der Waals surface area contributed by atoms with Crippen molar-refractivity contribution < 1.29 is 4.79 Å². The van der Waals surface area contributed by atoms with Gasteiger partial charge in [0.05, 0.1) is 0 Å². The van der Waals surface area contributed by atoms with Gasteiger partial charge in [0.1, 0.15) is 0 Å². The maximum atomic E-state index is 11.7. The van der Waals surface area contributed by atoms with Crippen LogP contribution in [0.15, 0.2) is 24.3 Å². The van der Waals surface area contributed by atoms with Crippen LogP contribution in [0.4, 0.5) is 5.69 Å². The summed E-state index contributed by atoms with van der Waals surface area (Å²) in [6.45, 7) is 4.25. The fraction of sp³-hybridized carbons (Fsp3) is 0.500. The molecule has 0 unspecified atom stereocenters. The molecule has 2 nitrogen and oxygen atoms in total. The van der Waals surface area contributed by atoms with Gasteiger partial charge in [0, 0.05) is 18.0 Å². The largest absolute Gasteiger partial charge is 0.326 e. The Morgan fingerprint density at radius 3 is 2.65 bits per heavy atom. The molecular weight excluding hydrogens is 234 g/mol. The summed E-state index contributed by atoms with van der Waals surface area (Å²) in [6.07, 6.45) is 2.28. The molecule has 0 radical (unpaired) electrons. The molecule has 1 rings (SSSR count). The van der Waals surface area contributed by atoms with Crippen LogP contribution in [0.5, 0.6) is 0 Å². The van der Waals surface area contributed by atoms with Gasteiger partial charge in [0.15, 0.2) is 0 Å². The van der Waals surface area contributed by atoms with Crippen LogP contribution in [0.25, 0.3) is 0 Å². The molecule has 1 aromatic carbocycles. The smallest absolute Gasteiger partial charge is 0.224 e. The average molecular weight is 254 g/mol. The Morgan fingerprint density at radius 2 is 2.00 bits per heavy atom. The second-order valence-corrected chi connectivity index (χ2v) is 4.81. The minimum absolute atomic E-state index is 0.0724. The molecule has 1 aromatic rings. The highest BCUT2D eigenvalue weighted by Gasteiger charge is 2.08. The predicted octanol–water partition coefficient (Wildman–Crippen LogP) is 4.16. The van der Waals surface area contributed by atoms with Gasteiger partial charge in [-0.05, 0) is 30.4 Å².